The van der Waals surface area contributed by atoms with Crippen LogP contribution < -0.4 is 24.8 Å². The summed E-state index contributed by atoms with van der Waals surface area (Å²) in [6.07, 6.45) is 0. The first kappa shape index (κ1) is 21.1. The van der Waals surface area contributed by atoms with E-state index >= 15 is 0 Å². The lowest BCUT2D eigenvalue weighted by Crippen LogP contribution is -2.23. The first-order valence-electron chi connectivity index (χ1n) is 8.93. The second-order valence-corrected chi connectivity index (χ2v) is 6.98. The summed E-state index contributed by atoms with van der Waals surface area (Å²) in [6.45, 7) is 0.353. The average molecular weight is 427 g/mol. The number of anilines is 1. The molecule has 0 aliphatic heterocycles. The van der Waals surface area contributed by atoms with Crippen molar-refractivity contribution in [1.82, 2.24) is 10.3 Å². The van der Waals surface area contributed by atoms with Crippen LogP contribution in [-0.4, -0.2) is 38.1 Å². The number of carbonyl (C=O) groups excluding carboxylic acids is 2. The number of carbonyl (C=O) groups is 2. The highest BCUT2D eigenvalue weighted by Crippen LogP contribution is 2.24. The SMILES string of the molecule is COc1ccc(CNC(=O)c2csc(NC(=O)c3cc(OC)cc(OC)c3)n2)cc1. The van der Waals surface area contributed by atoms with E-state index in [0.717, 1.165) is 22.6 Å². The third-order valence-electron chi connectivity index (χ3n) is 4.18. The lowest BCUT2D eigenvalue weighted by Gasteiger charge is -2.08. The van der Waals surface area contributed by atoms with Gasteiger partial charge in [0.15, 0.2) is 5.13 Å². The molecule has 0 unspecified atom stereocenters. The fourth-order valence-electron chi connectivity index (χ4n) is 2.56. The van der Waals surface area contributed by atoms with E-state index in [1.807, 2.05) is 24.3 Å². The summed E-state index contributed by atoms with van der Waals surface area (Å²) in [7, 11) is 4.61. The number of rotatable bonds is 8. The minimum Gasteiger partial charge on any atom is -0.497 e. The second kappa shape index (κ2) is 9.75. The van der Waals surface area contributed by atoms with E-state index in [9.17, 15) is 9.59 Å². The van der Waals surface area contributed by atoms with Crippen LogP contribution in [0.1, 0.15) is 26.4 Å². The van der Waals surface area contributed by atoms with Gasteiger partial charge in [-0.1, -0.05) is 12.1 Å². The lowest BCUT2D eigenvalue weighted by molar-refractivity contribution is 0.0945. The molecule has 3 rings (SSSR count). The molecule has 2 amide bonds. The number of hydrogen-bond acceptors (Lipinski definition) is 7. The minimum absolute atomic E-state index is 0.229. The predicted octanol–water partition coefficient (Wildman–Crippen LogP) is 3.35. The van der Waals surface area contributed by atoms with E-state index in [0.29, 0.717) is 28.7 Å². The molecule has 0 atom stereocenters. The van der Waals surface area contributed by atoms with Crippen LogP contribution in [0.2, 0.25) is 0 Å². The molecule has 9 heteroatoms. The van der Waals surface area contributed by atoms with Crippen LogP contribution in [0.4, 0.5) is 5.13 Å². The Labute approximate surface area is 177 Å². The molecule has 0 saturated heterocycles. The Balaban J connectivity index is 1.61. The van der Waals surface area contributed by atoms with Gasteiger partial charge in [-0.25, -0.2) is 4.98 Å². The van der Waals surface area contributed by atoms with Gasteiger partial charge in [0.05, 0.1) is 21.3 Å². The Hall–Kier alpha value is -3.59. The molecule has 156 valence electrons. The molecule has 2 aromatic carbocycles. The van der Waals surface area contributed by atoms with Crippen molar-refractivity contribution < 1.29 is 23.8 Å². The van der Waals surface area contributed by atoms with Gasteiger partial charge in [-0.05, 0) is 29.8 Å². The van der Waals surface area contributed by atoms with Gasteiger partial charge < -0.3 is 19.5 Å². The molecule has 1 heterocycles. The number of aromatic nitrogens is 1. The van der Waals surface area contributed by atoms with Crippen LogP contribution in [0.5, 0.6) is 17.2 Å². The number of ether oxygens (including phenoxy) is 3. The standard InChI is InChI=1S/C21H21N3O5S/c1-27-15-6-4-13(5-7-15)11-22-20(26)18-12-30-21(23-18)24-19(25)14-8-16(28-2)10-17(9-14)29-3/h4-10,12H,11H2,1-3H3,(H,22,26)(H,23,24,25). The van der Waals surface area contributed by atoms with Crippen LogP contribution in [-0.2, 0) is 6.54 Å². The number of benzene rings is 2. The van der Waals surface area contributed by atoms with Crippen molar-refractivity contribution in [3.05, 3.63) is 64.7 Å². The number of nitrogens with one attached hydrogen (secondary N) is 2. The molecule has 0 radical (unpaired) electrons. The van der Waals surface area contributed by atoms with Crippen LogP contribution >= 0.6 is 11.3 Å². The van der Waals surface area contributed by atoms with Crippen LogP contribution in [0, 0.1) is 0 Å². The van der Waals surface area contributed by atoms with Crippen LogP contribution in [0.3, 0.4) is 0 Å². The van der Waals surface area contributed by atoms with E-state index < -0.39 is 0 Å². The Bertz CT molecular complexity index is 1010. The average Bonchev–Trinajstić information content (AvgIpc) is 3.25. The molecule has 0 spiro atoms. The van der Waals surface area contributed by atoms with E-state index in [-0.39, 0.29) is 17.5 Å². The highest BCUT2D eigenvalue weighted by molar-refractivity contribution is 7.14. The third-order valence-corrected chi connectivity index (χ3v) is 4.94. The first-order chi connectivity index (χ1) is 14.5. The van der Waals surface area contributed by atoms with Gasteiger partial charge in [0.1, 0.15) is 22.9 Å². The van der Waals surface area contributed by atoms with Crippen molar-refractivity contribution in [2.75, 3.05) is 26.6 Å². The van der Waals surface area contributed by atoms with Gasteiger partial charge in [-0.15, -0.1) is 11.3 Å². The fraction of sp³-hybridized carbons (Fsp3) is 0.190. The maximum absolute atomic E-state index is 12.5. The maximum atomic E-state index is 12.5. The molecular formula is C21H21N3O5S. The number of methoxy groups -OCH3 is 3. The highest BCUT2D eigenvalue weighted by Gasteiger charge is 2.15. The molecule has 0 bridgehead atoms. The fourth-order valence-corrected chi connectivity index (χ4v) is 3.25. The summed E-state index contributed by atoms with van der Waals surface area (Å²) < 4.78 is 15.5. The van der Waals surface area contributed by atoms with E-state index in [2.05, 4.69) is 15.6 Å². The molecule has 2 N–H and O–H groups in total. The number of hydrogen-bond donors (Lipinski definition) is 2. The Kier molecular flexibility index (Phi) is 6.87. The minimum atomic E-state index is -0.383. The number of thiazole rings is 1. The molecule has 0 aliphatic carbocycles. The van der Waals surface area contributed by atoms with Gasteiger partial charge in [0.2, 0.25) is 0 Å². The van der Waals surface area contributed by atoms with Gasteiger partial charge in [-0.3, -0.25) is 14.9 Å². The topological polar surface area (TPSA) is 98.8 Å². The molecule has 0 fully saturated rings. The van der Waals surface area contributed by atoms with Crippen molar-refractivity contribution in [2.24, 2.45) is 0 Å². The zero-order chi connectivity index (χ0) is 21.5. The number of amides is 2. The summed E-state index contributed by atoms with van der Waals surface area (Å²) in [5.41, 5.74) is 1.51. The van der Waals surface area contributed by atoms with E-state index in [1.165, 1.54) is 14.2 Å². The largest absolute Gasteiger partial charge is 0.497 e. The Morgan fingerprint density at radius 2 is 1.53 bits per heavy atom. The van der Waals surface area contributed by atoms with Gasteiger partial charge in [0.25, 0.3) is 11.8 Å². The van der Waals surface area contributed by atoms with Crippen LogP contribution in [0.25, 0.3) is 0 Å². The van der Waals surface area contributed by atoms with Crippen molar-refractivity contribution in [3.8, 4) is 17.2 Å². The van der Waals surface area contributed by atoms with Crippen LogP contribution in [0.15, 0.2) is 47.8 Å². The molecule has 1 aromatic heterocycles. The Morgan fingerprint density at radius 1 is 0.900 bits per heavy atom. The summed E-state index contributed by atoms with van der Waals surface area (Å²) in [5, 5.41) is 7.39. The number of nitrogens with zero attached hydrogens (tertiary/aromatic N) is 1. The lowest BCUT2D eigenvalue weighted by atomic mass is 10.2. The molecular weight excluding hydrogens is 406 g/mol. The van der Waals surface area contributed by atoms with Crippen molar-refractivity contribution in [1.29, 1.82) is 0 Å². The Morgan fingerprint density at radius 3 is 2.13 bits per heavy atom. The molecule has 8 nitrogen and oxygen atoms in total. The molecule has 30 heavy (non-hydrogen) atoms. The van der Waals surface area contributed by atoms with Gasteiger partial charge >= 0.3 is 0 Å². The van der Waals surface area contributed by atoms with Gasteiger partial charge in [0, 0.05) is 23.6 Å². The predicted molar refractivity (Wildman–Crippen MR) is 114 cm³/mol. The van der Waals surface area contributed by atoms with Crippen molar-refractivity contribution in [3.63, 3.8) is 0 Å². The second-order valence-electron chi connectivity index (χ2n) is 6.12. The van der Waals surface area contributed by atoms with Crippen molar-refractivity contribution in [2.45, 2.75) is 6.54 Å². The quantitative estimate of drug-likeness (QED) is 0.572. The highest BCUT2D eigenvalue weighted by atomic mass is 32.1. The molecule has 0 saturated carbocycles. The summed E-state index contributed by atoms with van der Waals surface area (Å²) >= 11 is 1.16. The normalized spacial score (nSPS) is 10.2. The van der Waals surface area contributed by atoms with E-state index in [4.69, 9.17) is 14.2 Å². The van der Waals surface area contributed by atoms with Gasteiger partial charge in [-0.2, -0.15) is 0 Å². The molecule has 3 aromatic rings. The summed E-state index contributed by atoms with van der Waals surface area (Å²) in [6, 6.07) is 12.2. The molecule has 0 aliphatic rings. The monoisotopic (exact) mass is 427 g/mol. The van der Waals surface area contributed by atoms with Crippen molar-refractivity contribution >= 4 is 28.3 Å². The maximum Gasteiger partial charge on any atom is 0.271 e. The van der Waals surface area contributed by atoms with E-state index in [1.54, 1.807) is 30.7 Å². The smallest absolute Gasteiger partial charge is 0.271 e. The summed E-state index contributed by atoms with van der Waals surface area (Å²) in [4.78, 5) is 29.1. The zero-order valence-corrected chi connectivity index (χ0v) is 17.5. The third kappa shape index (κ3) is 5.26. The summed E-state index contributed by atoms with van der Waals surface area (Å²) in [5.74, 6) is 1.03. The zero-order valence-electron chi connectivity index (χ0n) is 16.7. The first-order valence-corrected chi connectivity index (χ1v) is 9.81.